The van der Waals surface area contributed by atoms with Crippen molar-refractivity contribution in [1.82, 2.24) is 26.4 Å². The molecule has 0 aromatic carbocycles. The average Bonchev–Trinajstić information content (AvgIpc) is 3.17. The van der Waals surface area contributed by atoms with E-state index in [1.165, 1.54) is 0 Å². The number of thiocarbonyl (C=S) groups is 2. The van der Waals surface area contributed by atoms with Crippen molar-refractivity contribution in [1.29, 1.82) is 0 Å². The molecule has 1 aliphatic heterocycles. The van der Waals surface area contributed by atoms with Crippen LogP contribution in [0.2, 0.25) is 0 Å². The van der Waals surface area contributed by atoms with Crippen LogP contribution in [-0.2, 0) is 11.3 Å². The van der Waals surface area contributed by atoms with Crippen molar-refractivity contribution in [3.63, 3.8) is 0 Å². The van der Waals surface area contributed by atoms with E-state index in [-0.39, 0.29) is 11.1 Å². The predicted octanol–water partition coefficient (Wildman–Crippen LogP) is 1.94. The molecule has 0 bridgehead atoms. The monoisotopic (exact) mass is 467 g/mol. The van der Waals surface area contributed by atoms with Crippen LogP contribution in [0.15, 0.2) is 26.8 Å². The number of ether oxygens (including phenoxy) is 1. The Bertz CT molecular complexity index is 845. The van der Waals surface area contributed by atoms with Crippen molar-refractivity contribution in [2.24, 2.45) is 10.2 Å². The zero-order valence-electron chi connectivity index (χ0n) is 19.3. The van der Waals surface area contributed by atoms with Crippen molar-refractivity contribution in [3.8, 4) is 0 Å². The Morgan fingerprint density at radius 1 is 1.00 bits per heavy atom. The molecular weight excluding hydrogens is 434 g/mol. The van der Waals surface area contributed by atoms with Crippen molar-refractivity contribution in [3.05, 3.63) is 23.7 Å². The molecule has 0 atom stereocenters. The molecule has 11 heteroatoms. The van der Waals surface area contributed by atoms with Crippen molar-refractivity contribution < 1.29 is 9.15 Å². The number of nitrogens with one attached hydrogen (secondary N) is 4. The Kier molecular flexibility index (Phi) is 8.52. The van der Waals surface area contributed by atoms with Gasteiger partial charge in [0, 0.05) is 25.2 Å². The summed E-state index contributed by atoms with van der Waals surface area (Å²) in [5.41, 5.74) is 6.42. The van der Waals surface area contributed by atoms with Gasteiger partial charge in [-0.2, -0.15) is 10.2 Å². The first-order valence-electron chi connectivity index (χ1n) is 10.0. The fraction of sp³-hybridized carbons (Fsp3) is 0.600. The highest BCUT2D eigenvalue weighted by Crippen LogP contribution is 2.32. The smallest absolute Gasteiger partial charge is 0.186 e. The van der Waals surface area contributed by atoms with Gasteiger partial charge in [0.15, 0.2) is 16.0 Å². The van der Waals surface area contributed by atoms with Gasteiger partial charge in [0.1, 0.15) is 11.5 Å². The van der Waals surface area contributed by atoms with Gasteiger partial charge in [-0.05, 0) is 71.2 Å². The molecule has 0 amide bonds. The van der Waals surface area contributed by atoms with E-state index in [9.17, 15) is 0 Å². The van der Waals surface area contributed by atoms with Crippen LogP contribution in [0.5, 0.6) is 0 Å². The Morgan fingerprint density at radius 3 is 2.10 bits per heavy atom. The average molecular weight is 468 g/mol. The standard InChI is InChI=1S/C20H33N7O2S2/c1-13(23-25-17(30)21-6)16(24-26-18(31)22-7)15-9-8-14(29-15)10-27-19(2,3)11-28-12-20(27,4)5/h8-9H,10-12H2,1-7H3,(H2,21,25,30)(H2,22,26,31)/b23-13+,24-16+. The highest BCUT2D eigenvalue weighted by atomic mass is 32.1. The van der Waals surface area contributed by atoms with E-state index in [1.54, 1.807) is 14.1 Å². The highest BCUT2D eigenvalue weighted by molar-refractivity contribution is 7.80. The van der Waals surface area contributed by atoms with E-state index in [0.717, 1.165) is 5.76 Å². The molecule has 1 saturated heterocycles. The molecule has 4 N–H and O–H groups in total. The minimum Gasteiger partial charge on any atom is -0.458 e. The third kappa shape index (κ3) is 6.70. The normalized spacial score (nSPS) is 18.9. The third-order valence-electron chi connectivity index (χ3n) is 4.97. The molecular formula is C20H33N7O2S2. The lowest BCUT2D eigenvalue weighted by Crippen LogP contribution is -2.62. The van der Waals surface area contributed by atoms with Crippen LogP contribution in [0.1, 0.15) is 46.1 Å². The number of hydrogen-bond donors (Lipinski definition) is 4. The summed E-state index contributed by atoms with van der Waals surface area (Å²) in [6.45, 7) is 12.5. The second-order valence-electron chi connectivity index (χ2n) is 8.51. The van der Waals surface area contributed by atoms with Crippen LogP contribution < -0.4 is 21.5 Å². The van der Waals surface area contributed by atoms with Crippen LogP contribution in [0.25, 0.3) is 0 Å². The number of rotatable bonds is 6. The van der Waals surface area contributed by atoms with Crippen LogP contribution in [-0.4, -0.2) is 64.9 Å². The van der Waals surface area contributed by atoms with Gasteiger partial charge in [-0.25, -0.2) is 0 Å². The van der Waals surface area contributed by atoms with E-state index in [0.29, 0.717) is 47.2 Å². The molecule has 1 aliphatic rings. The maximum atomic E-state index is 6.18. The molecule has 2 heterocycles. The van der Waals surface area contributed by atoms with Crippen molar-refractivity contribution in [2.75, 3.05) is 27.3 Å². The number of nitrogens with zero attached hydrogens (tertiary/aromatic N) is 3. The lowest BCUT2D eigenvalue weighted by molar-refractivity contribution is -0.133. The first-order chi connectivity index (χ1) is 14.5. The van der Waals surface area contributed by atoms with Crippen molar-refractivity contribution in [2.45, 2.75) is 52.2 Å². The molecule has 9 nitrogen and oxygen atoms in total. The van der Waals surface area contributed by atoms with Gasteiger partial charge in [-0.3, -0.25) is 15.8 Å². The third-order valence-corrected chi connectivity index (χ3v) is 5.56. The lowest BCUT2D eigenvalue weighted by atomic mass is 9.91. The molecule has 1 aromatic heterocycles. The molecule has 0 spiro atoms. The summed E-state index contributed by atoms with van der Waals surface area (Å²) in [4.78, 5) is 2.41. The lowest BCUT2D eigenvalue weighted by Gasteiger charge is -2.52. The summed E-state index contributed by atoms with van der Waals surface area (Å²) in [5, 5.41) is 15.1. The van der Waals surface area contributed by atoms with Gasteiger partial charge in [-0.1, -0.05) is 0 Å². The summed E-state index contributed by atoms with van der Waals surface area (Å²) in [6, 6.07) is 3.84. The van der Waals surface area contributed by atoms with E-state index in [2.05, 4.69) is 64.3 Å². The van der Waals surface area contributed by atoms with Crippen LogP contribution in [0.4, 0.5) is 0 Å². The molecule has 31 heavy (non-hydrogen) atoms. The van der Waals surface area contributed by atoms with Gasteiger partial charge in [-0.15, -0.1) is 0 Å². The molecule has 1 aromatic rings. The molecule has 2 rings (SSSR count). The Balaban J connectivity index is 2.30. The van der Waals surface area contributed by atoms with Gasteiger partial charge in [0.05, 0.1) is 25.5 Å². The fourth-order valence-electron chi connectivity index (χ4n) is 3.42. The molecule has 172 valence electrons. The van der Waals surface area contributed by atoms with Crippen LogP contribution >= 0.6 is 24.4 Å². The van der Waals surface area contributed by atoms with Gasteiger partial charge < -0.3 is 19.8 Å². The molecule has 0 radical (unpaired) electrons. The second-order valence-corrected chi connectivity index (χ2v) is 9.33. The number of morpholine rings is 1. The second kappa shape index (κ2) is 10.5. The Morgan fingerprint density at radius 2 is 1.55 bits per heavy atom. The molecule has 0 saturated carbocycles. The summed E-state index contributed by atoms with van der Waals surface area (Å²) in [6.07, 6.45) is 0. The minimum atomic E-state index is -0.115. The number of hydrazone groups is 2. The largest absolute Gasteiger partial charge is 0.458 e. The Labute approximate surface area is 195 Å². The summed E-state index contributed by atoms with van der Waals surface area (Å²) < 4.78 is 12.0. The maximum Gasteiger partial charge on any atom is 0.186 e. The minimum absolute atomic E-state index is 0.115. The summed E-state index contributed by atoms with van der Waals surface area (Å²) in [5.74, 6) is 1.40. The Hall–Kier alpha value is -2.08. The van der Waals surface area contributed by atoms with Crippen LogP contribution in [0, 0.1) is 0 Å². The zero-order valence-corrected chi connectivity index (χ0v) is 20.9. The molecule has 1 fully saturated rings. The highest BCUT2D eigenvalue weighted by Gasteiger charge is 2.42. The van der Waals surface area contributed by atoms with Gasteiger partial charge in [0.25, 0.3) is 0 Å². The first-order valence-corrected chi connectivity index (χ1v) is 10.8. The number of hydrogen-bond acceptors (Lipinski definition) is 7. The quantitative estimate of drug-likeness (QED) is 0.284. The van der Waals surface area contributed by atoms with Crippen molar-refractivity contribution >= 4 is 46.1 Å². The maximum absolute atomic E-state index is 6.18. The molecule has 0 aliphatic carbocycles. The molecule has 0 unspecified atom stereocenters. The van der Waals surface area contributed by atoms with Gasteiger partial charge >= 0.3 is 0 Å². The summed E-state index contributed by atoms with van der Waals surface area (Å²) >= 11 is 10.2. The zero-order chi connectivity index (χ0) is 23.2. The summed E-state index contributed by atoms with van der Waals surface area (Å²) in [7, 11) is 3.44. The number of furan rings is 1. The van der Waals surface area contributed by atoms with E-state index < -0.39 is 0 Å². The topological polar surface area (TPSA) is 98.5 Å². The van der Waals surface area contributed by atoms with E-state index >= 15 is 0 Å². The van der Waals surface area contributed by atoms with Crippen LogP contribution in [0.3, 0.4) is 0 Å². The van der Waals surface area contributed by atoms with Gasteiger partial charge in [0.2, 0.25) is 0 Å². The van der Waals surface area contributed by atoms with E-state index in [1.807, 2.05) is 19.1 Å². The van der Waals surface area contributed by atoms with E-state index in [4.69, 9.17) is 33.6 Å². The first kappa shape index (κ1) is 25.2. The SMILES string of the molecule is CNC(=S)N/N=C(C)/C(=N\NC(=S)NC)c1ccc(CN2C(C)(C)COCC2(C)C)o1. The predicted molar refractivity (Wildman–Crippen MR) is 132 cm³/mol. The fourth-order valence-corrected chi connectivity index (χ4v) is 3.51.